The Morgan fingerprint density at radius 1 is 0.897 bits per heavy atom. The molecule has 0 heterocycles. The fraction of sp³-hybridized carbons (Fsp3) is 0.172. The van der Waals surface area contributed by atoms with Crippen LogP contribution in [0.15, 0.2) is 91.1 Å². The van der Waals surface area contributed by atoms with Crippen LogP contribution in [0.3, 0.4) is 0 Å². The first-order valence-corrected chi connectivity index (χ1v) is 10.2. The first kappa shape index (κ1) is 20.6. The van der Waals surface area contributed by atoms with E-state index in [0.717, 1.165) is 5.57 Å². The van der Waals surface area contributed by atoms with Gasteiger partial charge < -0.3 is 0 Å². The molecule has 0 aliphatic carbocycles. The summed E-state index contributed by atoms with van der Waals surface area (Å²) in [6.45, 7) is 14.9. The fourth-order valence-corrected chi connectivity index (χ4v) is 4.01. The summed E-state index contributed by atoms with van der Waals surface area (Å²) in [5.74, 6) is 0. The number of hydrogen-bond donors (Lipinski definition) is 0. The van der Waals surface area contributed by atoms with Gasteiger partial charge >= 0.3 is 0 Å². The minimum atomic E-state index is 1.16. The van der Waals surface area contributed by atoms with E-state index in [1.807, 2.05) is 19.1 Å². The van der Waals surface area contributed by atoms with Gasteiger partial charge in [-0.05, 0) is 89.7 Å². The maximum Gasteiger partial charge on any atom is -0.00762 e. The zero-order valence-corrected chi connectivity index (χ0v) is 18.2. The van der Waals surface area contributed by atoms with Gasteiger partial charge in [-0.3, -0.25) is 0 Å². The lowest BCUT2D eigenvalue weighted by Crippen LogP contribution is -2.29. The Hall–Kier alpha value is -3.12. The van der Waals surface area contributed by atoms with E-state index in [1.54, 1.807) is 0 Å². The molecule has 29 heavy (non-hydrogen) atoms. The van der Waals surface area contributed by atoms with Crippen molar-refractivity contribution in [1.29, 1.82) is 0 Å². The summed E-state index contributed by atoms with van der Waals surface area (Å²) in [5.41, 5.74) is 7.57. The van der Waals surface area contributed by atoms with Gasteiger partial charge in [-0.2, -0.15) is 0 Å². The van der Waals surface area contributed by atoms with E-state index in [2.05, 4.69) is 101 Å². The third-order valence-electron chi connectivity index (χ3n) is 5.45. The van der Waals surface area contributed by atoms with Gasteiger partial charge in [-0.25, -0.2) is 0 Å². The van der Waals surface area contributed by atoms with Crippen LogP contribution in [0.5, 0.6) is 0 Å². The Morgan fingerprint density at radius 3 is 2.24 bits per heavy atom. The molecule has 0 aliphatic heterocycles. The average Bonchev–Trinajstić information content (AvgIpc) is 2.73. The van der Waals surface area contributed by atoms with E-state index in [1.165, 1.54) is 49.0 Å². The second-order valence-corrected chi connectivity index (χ2v) is 7.72. The predicted molar refractivity (Wildman–Crippen MR) is 130 cm³/mol. The van der Waals surface area contributed by atoms with Gasteiger partial charge in [0.1, 0.15) is 0 Å². The van der Waals surface area contributed by atoms with Gasteiger partial charge in [-0.15, -0.1) is 0 Å². The summed E-state index contributed by atoms with van der Waals surface area (Å²) in [5, 5.41) is 5.25. The van der Waals surface area contributed by atoms with Crippen molar-refractivity contribution in [3.63, 3.8) is 0 Å². The lowest BCUT2D eigenvalue weighted by molar-refractivity contribution is 1.41. The van der Waals surface area contributed by atoms with Gasteiger partial charge in [0.15, 0.2) is 0 Å². The zero-order valence-electron chi connectivity index (χ0n) is 18.2. The minimum Gasteiger partial charge on any atom is -0.0985 e. The molecular formula is C29H30. The third-order valence-corrected chi connectivity index (χ3v) is 5.45. The van der Waals surface area contributed by atoms with Crippen LogP contribution < -0.4 is 10.4 Å². The Bertz CT molecular complexity index is 1230. The van der Waals surface area contributed by atoms with Crippen molar-refractivity contribution in [2.75, 3.05) is 0 Å². The first-order valence-electron chi connectivity index (χ1n) is 10.2. The SMILES string of the molecule is C=CC(=C\C=C/C)/C(C)=c1\ccc2cc(-c3ccccc3)cc(C)c2c1=C(C)C. The molecule has 0 N–H and O–H groups in total. The second-order valence-electron chi connectivity index (χ2n) is 7.72. The standard InChI is InChI=1S/C29H30/c1-7-9-13-23(8-2)22(6)27-17-16-25-19-26(24-14-11-10-12-15-24)18-21(5)29(25)28(27)20(3)4/h7-19H,2H2,1,3-6H3/b9-7-,23-13+,27-22+. The Kier molecular flexibility index (Phi) is 6.34. The average molecular weight is 379 g/mol. The molecule has 0 amide bonds. The molecule has 3 aromatic carbocycles. The van der Waals surface area contributed by atoms with E-state index in [-0.39, 0.29) is 0 Å². The molecule has 0 fully saturated rings. The summed E-state index contributed by atoms with van der Waals surface area (Å²) < 4.78 is 0. The summed E-state index contributed by atoms with van der Waals surface area (Å²) >= 11 is 0. The predicted octanol–water partition coefficient (Wildman–Crippen LogP) is 6.86. The fourth-order valence-electron chi connectivity index (χ4n) is 4.01. The second kappa shape index (κ2) is 8.92. The molecule has 0 radical (unpaired) electrons. The van der Waals surface area contributed by atoms with Gasteiger partial charge in [0.05, 0.1) is 0 Å². The highest BCUT2D eigenvalue weighted by Gasteiger charge is 2.08. The van der Waals surface area contributed by atoms with E-state index < -0.39 is 0 Å². The number of hydrogen-bond acceptors (Lipinski definition) is 0. The molecule has 0 saturated heterocycles. The number of benzene rings is 3. The lowest BCUT2D eigenvalue weighted by atomic mass is 9.92. The number of rotatable bonds is 4. The minimum absolute atomic E-state index is 1.16. The maximum atomic E-state index is 4.03. The quantitative estimate of drug-likeness (QED) is 0.435. The van der Waals surface area contributed by atoms with Crippen LogP contribution in [0, 0.1) is 6.92 Å². The van der Waals surface area contributed by atoms with Crippen LogP contribution in [-0.2, 0) is 0 Å². The van der Waals surface area contributed by atoms with Crippen molar-refractivity contribution in [3.05, 3.63) is 107 Å². The highest BCUT2D eigenvalue weighted by atomic mass is 14.1. The topological polar surface area (TPSA) is 0 Å². The molecule has 0 bridgehead atoms. The molecule has 0 aromatic heterocycles. The Balaban J connectivity index is 2.42. The first-order chi connectivity index (χ1) is 14.0. The van der Waals surface area contributed by atoms with Gasteiger partial charge in [0, 0.05) is 0 Å². The van der Waals surface area contributed by atoms with Crippen molar-refractivity contribution in [2.45, 2.75) is 34.6 Å². The molecule has 0 heteroatoms. The van der Waals surface area contributed by atoms with Crippen LogP contribution in [0.4, 0.5) is 0 Å². The molecule has 0 atom stereocenters. The number of allylic oxidation sites excluding steroid dienone is 5. The van der Waals surface area contributed by atoms with Crippen LogP contribution in [-0.4, -0.2) is 0 Å². The summed E-state index contributed by atoms with van der Waals surface area (Å²) in [6.07, 6.45) is 8.19. The summed E-state index contributed by atoms with van der Waals surface area (Å²) in [4.78, 5) is 0. The monoisotopic (exact) mass is 378 g/mol. The molecule has 0 aliphatic rings. The largest absolute Gasteiger partial charge is 0.0985 e. The highest BCUT2D eigenvalue weighted by molar-refractivity contribution is 5.92. The smallest absolute Gasteiger partial charge is 0.00762 e. The van der Waals surface area contributed by atoms with Crippen molar-refractivity contribution in [2.24, 2.45) is 0 Å². The molecule has 0 spiro atoms. The third kappa shape index (κ3) is 4.17. The summed E-state index contributed by atoms with van der Waals surface area (Å²) in [6, 6.07) is 19.8. The van der Waals surface area contributed by atoms with Crippen molar-refractivity contribution in [1.82, 2.24) is 0 Å². The molecule has 146 valence electrons. The van der Waals surface area contributed by atoms with E-state index >= 15 is 0 Å². The molecule has 3 rings (SSSR count). The lowest BCUT2D eigenvalue weighted by Gasteiger charge is -2.12. The number of fused-ring (bicyclic) bond motifs is 1. The van der Waals surface area contributed by atoms with Gasteiger partial charge in [0.25, 0.3) is 0 Å². The van der Waals surface area contributed by atoms with Crippen LogP contribution in [0.1, 0.15) is 33.3 Å². The van der Waals surface area contributed by atoms with Crippen molar-refractivity contribution in [3.8, 4) is 11.1 Å². The molecule has 0 nitrogen and oxygen atoms in total. The van der Waals surface area contributed by atoms with Gasteiger partial charge in [0.2, 0.25) is 0 Å². The van der Waals surface area contributed by atoms with Crippen LogP contribution in [0.2, 0.25) is 0 Å². The maximum absolute atomic E-state index is 4.03. The zero-order chi connectivity index (χ0) is 21.0. The van der Waals surface area contributed by atoms with Crippen molar-refractivity contribution >= 4 is 21.9 Å². The van der Waals surface area contributed by atoms with Crippen LogP contribution in [0.25, 0.3) is 33.0 Å². The normalized spacial score (nSPS) is 13.1. The molecule has 3 aromatic rings. The molecular weight excluding hydrogens is 348 g/mol. The Labute approximate surface area is 174 Å². The Morgan fingerprint density at radius 2 is 1.62 bits per heavy atom. The molecule has 0 unspecified atom stereocenters. The number of aryl methyl sites for hydroxylation is 1. The van der Waals surface area contributed by atoms with E-state index in [0.29, 0.717) is 0 Å². The van der Waals surface area contributed by atoms with Crippen LogP contribution >= 0.6 is 0 Å². The van der Waals surface area contributed by atoms with E-state index in [9.17, 15) is 0 Å². The van der Waals surface area contributed by atoms with E-state index in [4.69, 9.17) is 0 Å². The van der Waals surface area contributed by atoms with Crippen molar-refractivity contribution < 1.29 is 0 Å². The highest BCUT2D eigenvalue weighted by Crippen LogP contribution is 2.26. The summed E-state index contributed by atoms with van der Waals surface area (Å²) in [7, 11) is 0. The molecule has 0 saturated carbocycles. The van der Waals surface area contributed by atoms with Gasteiger partial charge in [-0.1, -0.05) is 85.0 Å².